The topological polar surface area (TPSA) is 35.5 Å². The van der Waals surface area contributed by atoms with Gasteiger partial charge in [0.25, 0.3) is 0 Å². The summed E-state index contributed by atoms with van der Waals surface area (Å²) in [5.74, 6) is 0.0351. The van der Waals surface area contributed by atoms with Gasteiger partial charge >= 0.3 is 12.1 Å². The number of aryl methyl sites for hydroxylation is 2. The highest BCUT2D eigenvalue weighted by atomic mass is 127. The van der Waals surface area contributed by atoms with Crippen molar-refractivity contribution in [3.8, 4) is 5.75 Å². The van der Waals surface area contributed by atoms with Crippen molar-refractivity contribution in [2.75, 3.05) is 6.61 Å². The van der Waals surface area contributed by atoms with Gasteiger partial charge in [-0.15, -0.1) is 11.3 Å². The van der Waals surface area contributed by atoms with Gasteiger partial charge in [0.05, 0.1) is 6.61 Å². The maximum atomic E-state index is 12.8. The van der Waals surface area contributed by atoms with Crippen molar-refractivity contribution in [3.05, 3.63) is 48.7 Å². The van der Waals surface area contributed by atoms with E-state index < -0.39 is 24.7 Å². The van der Waals surface area contributed by atoms with E-state index in [0.29, 0.717) is 15.5 Å². The summed E-state index contributed by atoms with van der Waals surface area (Å²) in [5, 5.41) is 0. The van der Waals surface area contributed by atoms with E-state index in [1.165, 1.54) is 0 Å². The van der Waals surface area contributed by atoms with E-state index in [0.717, 1.165) is 26.0 Å². The van der Waals surface area contributed by atoms with Gasteiger partial charge in [0.2, 0.25) is 0 Å². The highest BCUT2D eigenvalue weighted by molar-refractivity contribution is 14.1. The summed E-state index contributed by atoms with van der Waals surface area (Å²) in [5.41, 5.74) is 2.00. The fourth-order valence-corrected chi connectivity index (χ4v) is 3.81. The average molecular weight is 512 g/mol. The molecule has 1 aromatic carbocycles. The highest BCUT2D eigenvalue weighted by Gasteiger charge is 2.30. The first kappa shape index (κ1) is 22.0. The number of halogens is 4. The molecular weight excluding hydrogens is 492 g/mol. The highest BCUT2D eigenvalue weighted by Crippen LogP contribution is 2.35. The summed E-state index contributed by atoms with van der Waals surface area (Å²) in [4.78, 5) is 12.8. The van der Waals surface area contributed by atoms with Gasteiger partial charge in [0.1, 0.15) is 16.7 Å². The molecule has 148 valence electrons. The number of thiophene rings is 1. The zero-order chi connectivity index (χ0) is 20.2. The van der Waals surface area contributed by atoms with Gasteiger partial charge in [-0.3, -0.25) is 0 Å². The molecule has 27 heavy (non-hydrogen) atoms. The van der Waals surface area contributed by atoms with E-state index in [2.05, 4.69) is 22.6 Å². The number of carbonyl (C=O) groups excluding carboxylic acids is 1. The Morgan fingerprint density at radius 3 is 2.41 bits per heavy atom. The first-order valence-electron chi connectivity index (χ1n) is 8.37. The normalized spacial score (nSPS) is 12.7. The molecule has 0 N–H and O–H groups in total. The number of benzene rings is 1. The van der Waals surface area contributed by atoms with Gasteiger partial charge in [-0.1, -0.05) is 0 Å². The predicted molar refractivity (Wildman–Crippen MR) is 108 cm³/mol. The van der Waals surface area contributed by atoms with Crippen molar-refractivity contribution in [2.24, 2.45) is 0 Å². The van der Waals surface area contributed by atoms with Crippen LogP contribution < -0.4 is 4.74 Å². The van der Waals surface area contributed by atoms with Crippen LogP contribution in [0.2, 0.25) is 0 Å². The molecule has 0 amide bonds. The summed E-state index contributed by atoms with van der Waals surface area (Å²) in [6.45, 7) is 5.79. The van der Waals surface area contributed by atoms with Crippen molar-refractivity contribution in [1.82, 2.24) is 0 Å². The van der Waals surface area contributed by atoms with E-state index >= 15 is 0 Å². The van der Waals surface area contributed by atoms with E-state index in [9.17, 15) is 18.0 Å². The largest absolute Gasteiger partial charge is 0.485 e. The molecule has 0 fully saturated rings. The van der Waals surface area contributed by atoms with Crippen LogP contribution >= 0.6 is 33.9 Å². The molecule has 0 unspecified atom stereocenters. The van der Waals surface area contributed by atoms with Crippen molar-refractivity contribution >= 4 is 39.9 Å². The van der Waals surface area contributed by atoms with Crippen molar-refractivity contribution in [3.63, 3.8) is 0 Å². The van der Waals surface area contributed by atoms with Crippen LogP contribution in [0.15, 0.2) is 24.3 Å². The maximum Gasteiger partial charge on any atom is 0.389 e. The zero-order valence-corrected chi connectivity index (χ0v) is 18.1. The standard InChI is InChI=1S/C19H20F3IO3S/c1-4-25-18(24)16-6-5-15(27-16)14(7-8-19(20,21)22)26-13-9-11(2)17(23)12(3)10-13/h5-6,9-10,14H,4,7-8H2,1-3H3/t14-/m1/s1. The van der Waals surface area contributed by atoms with Gasteiger partial charge in [-0.05, 0) is 85.2 Å². The average Bonchev–Trinajstić information content (AvgIpc) is 3.05. The molecule has 0 aliphatic heterocycles. The van der Waals surface area contributed by atoms with Crippen LogP contribution in [-0.2, 0) is 4.74 Å². The first-order valence-corrected chi connectivity index (χ1v) is 10.3. The molecule has 0 radical (unpaired) electrons. The van der Waals surface area contributed by atoms with Gasteiger partial charge in [0, 0.05) is 14.9 Å². The Kier molecular flexibility index (Phi) is 7.55. The maximum absolute atomic E-state index is 12.8. The molecule has 0 bridgehead atoms. The molecule has 2 rings (SSSR count). The second-order valence-electron chi connectivity index (χ2n) is 6.05. The fourth-order valence-electron chi connectivity index (χ4n) is 2.53. The number of ether oxygens (including phenoxy) is 2. The van der Waals surface area contributed by atoms with Gasteiger partial charge < -0.3 is 9.47 Å². The van der Waals surface area contributed by atoms with Crippen LogP contribution in [0.5, 0.6) is 5.75 Å². The predicted octanol–water partition coefficient (Wildman–Crippen LogP) is 6.61. The Hall–Kier alpha value is -1.29. The molecule has 8 heteroatoms. The Morgan fingerprint density at radius 1 is 1.22 bits per heavy atom. The molecular formula is C19H20F3IO3S. The first-order chi connectivity index (χ1) is 12.6. The van der Waals surface area contributed by atoms with Crippen LogP contribution in [0.1, 0.15) is 51.5 Å². The Bertz CT molecular complexity index is 779. The van der Waals surface area contributed by atoms with Gasteiger partial charge in [-0.2, -0.15) is 13.2 Å². The molecule has 0 aliphatic carbocycles. The second kappa shape index (κ2) is 9.27. The van der Waals surface area contributed by atoms with E-state index in [-0.39, 0.29) is 13.0 Å². The van der Waals surface area contributed by atoms with E-state index in [1.54, 1.807) is 19.1 Å². The number of hydrogen-bond donors (Lipinski definition) is 0. The third-order valence-electron chi connectivity index (χ3n) is 3.80. The van der Waals surface area contributed by atoms with E-state index in [1.807, 2.05) is 26.0 Å². The minimum atomic E-state index is -4.28. The van der Waals surface area contributed by atoms with Crippen LogP contribution in [-0.4, -0.2) is 18.8 Å². The summed E-state index contributed by atoms with van der Waals surface area (Å²) in [6.07, 6.45) is -6.26. The summed E-state index contributed by atoms with van der Waals surface area (Å²) in [7, 11) is 0. The molecule has 2 aromatic rings. The smallest absolute Gasteiger partial charge is 0.389 e. The second-order valence-corrected chi connectivity index (χ2v) is 8.25. The number of esters is 1. The van der Waals surface area contributed by atoms with Crippen LogP contribution in [0.3, 0.4) is 0 Å². The summed E-state index contributed by atoms with van der Waals surface area (Å²) < 4.78 is 50.2. The quantitative estimate of drug-likeness (QED) is 0.310. The molecule has 3 nitrogen and oxygen atoms in total. The molecule has 1 heterocycles. The molecule has 0 spiro atoms. The lowest BCUT2D eigenvalue weighted by atomic mass is 10.1. The fraction of sp³-hybridized carbons (Fsp3) is 0.421. The van der Waals surface area contributed by atoms with Crippen LogP contribution in [0.25, 0.3) is 0 Å². The Balaban J connectivity index is 2.27. The SMILES string of the molecule is CCOC(=O)c1ccc([C@@H](CCC(F)(F)F)Oc2cc(C)c(I)c(C)c2)s1. The van der Waals surface area contributed by atoms with E-state index in [4.69, 9.17) is 9.47 Å². The summed E-state index contributed by atoms with van der Waals surface area (Å²) in [6, 6.07) is 6.82. The van der Waals surface area contributed by atoms with Crippen LogP contribution in [0, 0.1) is 17.4 Å². The van der Waals surface area contributed by atoms with Gasteiger partial charge in [-0.25, -0.2) is 4.79 Å². The minimum absolute atomic E-state index is 0.226. The minimum Gasteiger partial charge on any atom is -0.485 e. The van der Waals surface area contributed by atoms with Crippen LogP contribution in [0.4, 0.5) is 13.2 Å². The third-order valence-corrected chi connectivity index (χ3v) is 6.66. The number of hydrogen-bond acceptors (Lipinski definition) is 4. The number of carbonyl (C=O) groups is 1. The molecule has 1 atom stereocenters. The Labute approximate surface area is 174 Å². The number of rotatable bonds is 7. The lowest BCUT2D eigenvalue weighted by molar-refractivity contribution is -0.139. The van der Waals surface area contributed by atoms with Gasteiger partial charge in [0.15, 0.2) is 0 Å². The molecule has 0 aliphatic rings. The Morgan fingerprint density at radius 2 is 1.85 bits per heavy atom. The lowest BCUT2D eigenvalue weighted by Crippen LogP contribution is -2.13. The van der Waals surface area contributed by atoms with Crippen molar-refractivity contribution in [2.45, 2.75) is 45.9 Å². The molecule has 0 saturated carbocycles. The zero-order valence-electron chi connectivity index (χ0n) is 15.2. The number of alkyl halides is 3. The van der Waals surface area contributed by atoms with Crippen molar-refractivity contribution < 1.29 is 27.4 Å². The monoisotopic (exact) mass is 512 g/mol. The lowest BCUT2D eigenvalue weighted by Gasteiger charge is -2.20. The summed E-state index contributed by atoms with van der Waals surface area (Å²) >= 11 is 3.32. The molecule has 0 saturated heterocycles. The third kappa shape index (κ3) is 6.38. The molecule has 1 aromatic heterocycles. The van der Waals surface area contributed by atoms with Crippen molar-refractivity contribution in [1.29, 1.82) is 0 Å².